The molecule has 2 aromatic rings. The lowest BCUT2D eigenvalue weighted by atomic mass is 10.2. The number of rotatable bonds is 4. The average Bonchev–Trinajstić information content (AvgIpc) is 2.36. The molecule has 2 rings (SSSR count). The van der Waals surface area contributed by atoms with Gasteiger partial charge in [-0.3, -0.25) is 0 Å². The molecule has 100 valence electrons. The van der Waals surface area contributed by atoms with Crippen LogP contribution in [0.5, 0.6) is 0 Å². The third-order valence-electron chi connectivity index (χ3n) is 2.34. The van der Waals surface area contributed by atoms with Gasteiger partial charge in [0, 0.05) is 20.6 Å². The van der Waals surface area contributed by atoms with E-state index < -0.39 is 0 Å². The van der Waals surface area contributed by atoms with Crippen molar-refractivity contribution in [3.8, 4) is 0 Å². The molecule has 0 aliphatic rings. The normalized spacial score (nSPS) is 10.3. The van der Waals surface area contributed by atoms with Crippen LogP contribution in [0, 0.1) is 5.82 Å². The number of nitrogens with zero attached hydrogens (tertiary/aromatic N) is 4. The fraction of sp³-hybridized carbons (Fsp3) is 0.250. The van der Waals surface area contributed by atoms with Crippen molar-refractivity contribution in [2.75, 3.05) is 24.3 Å². The van der Waals surface area contributed by atoms with Crippen molar-refractivity contribution in [2.45, 2.75) is 6.54 Å². The van der Waals surface area contributed by atoms with Crippen molar-refractivity contribution in [2.24, 2.45) is 0 Å². The highest BCUT2D eigenvalue weighted by Gasteiger charge is 2.06. The summed E-state index contributed by atoms with van der Waals surface area (Å²) in [6.45, 7) is 0.408. The predicted octanol–water partition coefficient (Wildman–Crippen LogP) is 2.34. The van der Waals surface area contributed by atoms with Gasteiger partial charge in [0.2, 0.25) is 17.2 Å². The molecule has 1 N–H and O–H groups in total. The van der Waals surface area contributed by atoms with E-state index in [1.807, 2.05) is 20.2 Å². The summed E-state index contributed by atoms with van der Waals surface area (Å²) in [4.78, 5) is 13.8. The number of hydrogen-bond donors (Lipinski definition) is 1. The Balaban J connectivity index is 2.11. The van der Waals surface area contributed by atoms with E-state index in [1.54, 1.807) is 11.0 Å². The van der Waals surface area contributed by atoms with Gasteiger partial charge in [-0.05, 0) is 29.3 Å². The van der Waals surface area contributed by atoms with E-state index in [0.29, 0.717) is 18.4 Å². The van der Waals surface area contributed by atoms with Gasteiger partial charge in [0.15, 0.2) is 0 Å². The zero-order valence-corrected chi connectivity index (χ0v) is 11.3. The molecular formula is C12H13ClFN5. The molecule has 0 amide bonds. The number of anilines is 2. The summed E-state index contributed by atoms with van der Waals surface area (Å²) in [7, 11) is 3.62. The standard InChI is InChI=1S/C12H13ClFN5/c1-19(2)12-17-10(13)16-11(18-12)15-7-8-4-3-5-9(14)6-8/h3-6H,7H2,1-2H3,(H,15,16,17,18). The van der Waals surface area contributed by atoms with Crippen molar-refractivity contribution in [3.05, 3.63) is 40.9 Å². The minimum Gasteiger partial charge on any atom is -0.350 e. The molecule has 5 nitrogen and oxygen atoms in total. The minimum absolute atomic E-state index is 0.112. The molecule has 1 aromatic carbocycles. The van der Waals surface area contributed by atoms with E-state index in [2.05, 4.69) is 20.3 Å². The molecule has 0 fully saturated rings. The quantitative estimate of drug-likeness (QED) is 0.932. The van der Waals surface area contributed by atoms with E-state index in [-0.39, 0.29) is 11.1 Å². The van der Waals surface area contributed by atoms with Gasteiger partial charge in [0.05, 0.1) is 0 Å². The molecule has 0 radical (unpaired) electrons. The van der Waals surface area contributed by atoms with Crippen LogP contribution in [0.3, 0.4) is 0 Å². The third kappa shape index (κ3) is 3.75. The summed E-state index contributed by atoms with van der Waals surface area (Å²) in [6, 6.07) is 6.31. The monoisotopic (exact) mass is 281 g/mol. The maximum atomic E-state index is 13.0. The lowest BCUT2D eigenvalue weighted by Gasteiger charge is -2.11. The summed E-state index contributed by atoms with van der Waals surface area (Å²) in [5.74, 6) is 0.539. The predicted molar refractivity (Wildman–Crippen MR) is 72.9 cm³/mol. The largest absolute Gasteiger partial charge is 0.350 e. The SMILES string of the molecule is CN(C)c1nc(Cl)nc(NCc2cccc(F)c2)n1. The Labute approximate surface area is 115 Å². The first kappa shape index (κ1) is 13.5. The van der Waals surface area contributed by atoms with Crippen LogP contribution in [-0.4, -0.2) is 29.0 Å². The summed E-state index contributed by atoms with van der Waals surface area (Å²) < 4.78 is 13.0. The molecule has 7 heteroatoms. The molecular weight excluding hydrogens is 269 g/mol. The number of halogens is 2. The molecule has 0 aliphatic heterocycles. The van der Waals surface area contributed by atoms with Gasteiger partial charge < -0.3 is 10.2 Å². The van der Waals surface area contributed by atoms with Gasteiger partial charge in [-0.1, -0.05) is 12.1 Å². The Hall–Kier alpha value is -1.95. The van der Waals surface area contributed by atoms with E-state index in [4.69, 9.17) is 11.6 Å². The Morgan fingerprint density at radius 3 is 2.74 bits per heavy atom. The summed E-state index contributed by atoms with van der Waals surface area (Å²) >= 11 is 5.81. The molecule has 1 heterocycles. The van der Waals surface area contributed by atoms with Crippen LogP contribution in [0.25, 0.3) is 0 Å². The van der Waals surface area contributed by atoms with Crippen molar-refractivity contribution >= 4 is 23.5 Å². The Morgan fingerprint density at radius 1 is 1.26 bits per heavy atom. The molecule has 19 heavy (non-hydrogen) atoms. The Bertz CT molecular complexity index is 576. The van der Waals surface area contributed by atoms with Gasteiger partial charge in [-0.25, -0.2) is 4.39 Å². The highest BCUT2D eigenvalue weighted by molar-refractivity contribution is 6.28. The first-order valence-electron chi connectivity index (χ1n) is 5.62. The molecule has 1 aromatic heterocycles. The molecule has 0 aliphatic carbocycles. The van der Waals surface area contributed by atoms with Crippen LogP contribution in [0.15, 0.2) is 24.3 Å². The van der Waals surface area contributed by atoms with Crippen molar-refractivity contribution in [1.29, 1.82) is 0 Å². The number of aromatic nitrogens is 3. The molecule has 0 saturated heterocycles. The number of nitrogens with one attached hydrogen (secondary N) is 1. The van der Waals surface area contributed by atoms with E-state index in [9.17, 15) is 4.39 Å². The summed E-state index contributed by atoms with van der Waals surface area (Å²) in [5, 5.41) is 3.10. The highest BCUT2D eigenvalue weighted by atomic mass is 35.5. The van der Waals surface area contributed by atoms with Gasteiger partial charge in [-0.2, -0.15) is 15.0 Å². The molecule has 0 saturated carbocycles. The molecule has 0 bridgehead atoms. The first-order chi connectivity index (χ1) is 9.04. The minimum atomic E-state index is -0.276. The Kier molecular flexibility index (Phi) is 4.11. The average molecular weight is 282 g/mol. The van der Waals surface area contributed by atoms with E-state index >= 15 is 0 Å². The van der Waals surface area contributed by atoms with Crippen molar-refractivity contribution < 1.29 is 4.39 Å². The number of benzene rings is 1. The second kappa shape index (κ2) is 5.79. The Morgan fingerprint density at radius 2 is 2.05 bits per heavy atom. The highest BCUT2D eigenvalue weighted by Crippen LogP contribution is 2.12. The van der Waals surface area contributed by atoms with Gasteiger partial charge >= 0.3 is 0 Å². The van der Waals surface area contributed by atoms with Crippen LogP contribution in [-0.2, 0) is 6.54 Å². The third-order valence-corrected chi connectivity index (χ3v) is 2.51. The second-order valence-electron chi connectivity index (χ2n) is 4.11. The molecule has 0 unspecified atom stereocenters. The van der Waals surface area contributed by atoms with Crippen molar-refractivity contribution in [3.63, 3.8) is 0 Å². The lowest BCUT2D eigenvalue weighted by molar-refractivity contribution is 0.626. The number of hydrogen-bond acceptors (Lipinski definition) is 5. The lowest BCUT2D eigenvalue weighted by Crippen LogP contribution is -2.15. The summed E-state index contributed by atoms with van der Waals surface area (Å²) in [6.07, 6.45) is 0. The first-order valence-corrected chi connectivity index (χ1v) is 5.99. The fourth-order valence-corrected chi connectivity index (χ4v) is 1.60. The molecule has 0 spiro atoms. The maximum Gasteiger partial charge on any atom is 0.230 e. The van der Waals surface area contributed by atoms with Crippen LogP contribution in [0.4, 0.5) is 16.3 Å². The smallest absolute Gasteiger partial charge is 0.230 e. The van der Waals surface area contributed by atoms with E-state index in [1.165, 1.54) is 12.1 Å². The zero-order chi connectivity index (χ0) is 13.8. The van der Waals surface area contributed by atoms with Crippen molar-refractivity contribution in [1.82, 2.24) is 15.0 Å². The zero-order valence-electron chi connectivity index (χ0n) is 10.6. The van der Waals surface area contributed by atoms with Crippen LogP contribution < -0.4 is 10.2 Å². The van der Waals surface area contributed by atoms with Gasteiger partial charge in [-0.15, -0.1) is 0 Å². The topological polar surface area (TPSA) is 53.9 Å². The molecule has 0 atom stereocenters. The van der Waals surface area contributed by atoms with Gasteiger partial charge in [0.25, 0.3) is 0 Å². The summed E-state index contributed by atoms with van der Waals surface area (Å²) in [5.41, 5.74) is 0.794. The van der Waals surface area contributed by atoms with Crippen LogP contribution >= 0.6 is 11.6 Å². The van der Waals surface area contributed by atoms with E-state index in [0.717, 1.165) is 5.56 Å². The van der Waals surface area contributed by atoms with Crippen LogP contribution in [0.1, 0.15) is 5.56 Å². The fourth-order valence-electron chi connectivity index (χ4n) is 1.45. The van der Waals surface area contributed by atoms with Gasteiger partial charge in [0.1, 0.15) is 5.82 Å². The second-order valence-corrected chi connectivity index (χ2v) is 4.44. The maximum absolute atomic E-state index is 13.0. The van der Waals surface area contributed by atoms with Crippen LogP contribution in [0.2, 0.25) is 5.28 Å².